The van der Waals surface area contributed by atoms with Crippen molar-refractivity contribution < 1.29 is 19.0 Å². The summed E-state index contributed by atoms with van der Waals surface area (Å²) in [4.78, 5) is 27.3. The van der Waals surface area contributed by atoms with Gasteiger partial charge in [-0.3, -0.25) is 4.98 Å². The van der Waals surface area contributed by atoms with Gasteiger partial charge in [0.25, 0.3) is 0 Å². The van der Waals surface area contributed by atoms with Gasteiger partial charge < -0.3 is 20.1 Å². The lowest BCUT2D eigenvalue weighted by Gasteiger charge is -2.30. The monoisotopic (exact) mass is 617 g/mol. The second-order valence-corrected chi connectivity index (χ2v) is 13.0. The van der Waals surface area contributed by atoms with Crippen molar-refractivity contribution in [2.75, 3.05) is 18.4 Å². The summed E-state index contributed by atoms with van der Waals surface area (Å²) in [6.45, 7) is 11.6. The predicted molar refractivity (Wildman–Crippen MR) is 172 cm³/mol. The zero-order chi connectivity index (χ0) is 31.8. The van der Waals surface area contributed by atoms with Gasteiger partial charge in [0.2, 0.25) is 0 Å². The summed E-state index contributed by atoms with van der Waals surface area (Å²) in [5.41, 5.74) is 3.71. The molecule has 4 aromatic rings. The molecule has 0 spiro atoms. The van der Waals surface area contributed by atoms with Crippen molar-refractivity contribution in [1.82, 2.24) is 19.9 Å². The van der Waals surface area contributed by atoms with Gasteiger partial charge >= 0.3 is 6.09 Å². The Morgan fingerprint density at radius 1 is 1.02 bits per heavy atom. The quantitative estimate of drug-likeness (QED) is 0.227. The Bertz CT molecular complexity index is 1730. The number of anilines is 1. The molecule has 2 aromatic carbocycles. The van der Waals surface area contributed by atoms with Gasteiger partial charge in [-0.2, -0.15) is 0 Å². The van der Waals surface area contributed by atoms with Crippen LogP contribution in [0.1, 0.15) is 71.0 Å². The van der Waals surface area contributed by atoms with Crippen LogP contribution in [0.2, 0.25) is 5.02 Å². The average Bonchev–Trinajstić information content (AvgIpc) is 2.97. The summed E-state index contributed by atoms with van der Waals surface area (Å²) >= 11 is 6.65. The number of carbonyl (C=O) groups excluding carboxylic acids is 1. The lowest BCUT2D eigenvalue weighted by Crippen LogP contribution is -2.39. The highest BCUT2D eigenvalue weighted by Crippen LogP contribution is 2.36. The lowest BCUT2D eigenvalue weighted by atomic mass is 9.95. The maximum Gasteiger partial charge on any atom is 0.410 e. The summed E-state index contributed by atoms with van der Waals surface area (Å²) < 4.78 is 20.7. The molecule has 0 aliphatic carbocycles. The van der Waals surface area contributed by atoms with Crippen molar-refractivity contribution in [2.24, 2.45) is 0 Å². The smallest absolute Gasteiger partial charge is 0.410 e. The van der Waals surface area contributed by atoms with Gasteiger partial charge in [0.15, 0.2) is 5.82 Å². The Morgan fingerprint density at radius 2 is 1.73 bits per heavy atom. The molecule has 0 saturated carbocycles. The normalized spacial score (nSPS) is 14.8. The molecule has 44 heavy (non-hydrogen) atoms. The Labute approximate surface area is 262 Å². The fraction of sp³-hybridized carbons (Fsp3) is 0.353. The van der Waals surface area contributed by atoms with E-state index < -0.39 is 17.2 Å². The van der Waals surface area contributed by atoms with Crippen molar-refractivity contribution in [3.05, 3.63) is 88.9 Å². The number of ether oxygens (including phenoxy) is 1. The molecule has 0 unspecified atom stereocenters. The summed E-state index contributed by atoms with van der Waals surface area (Å²) in [6, 6.07) is 10.4. The van der Waals surface area contributed by atoms with Gasteiger partial charge in [-0.25, -0.2) is 19.2 Å². The first-order valence-corrected chi connectivity index (χ1v) is 14.9. The molecule has 2 aromatic heterocycles. The zero-order valence-electron chi connectivity index (χ0n) is 25.8. The molecule has 0 fully saturated rings. The first-order chi connectivity index (χ1) is 20.7. The number of pyridine rings is 1. The lowest BCUT2D eigenvalue weighted by molar-refractivity contribution is 0.0270. The minimum Gasteiger partial charge on any atom is -0.444 e. The van der Waals surface area contributed by atoms with Crippen LogP contribution in [-0.4, -0.2) is 49.7 Å². The number of benzene rings is 2. The minimum absolute atomic E-state index is 0.330. The van der Waals surface area contributed by atoms with E-state index in [0.29, 0.717) is 41.6 Å². The van der Waals surface area contributed by atoms with Crippen molar-refractivity contribution in [2.45, 2.75) is 65.2 Å². The maximum absolute atomic E-state index is 15.2. The molecular formula is C34H37ClFN5O3. The van der Waals surface area contributed by atoms with Gasteiger partial charge in [-0.05, 0) is 88.9 Å². The van der Waals surface area contributed by atoms with Crippen molar-refractivity contribution in [1.29, 1.82) is 0 Å². The number of carbonyl (C=O) groups is 1. The van der Waals surface area contributed by atoms with Crippen LogP contribution in [0.3, 0.4) is 0 Å². The topological polar surface area (TPSA) is 100 Å². The minimum atomic E-state index is -1.15. The predicted octanol–water partition coefficient (Wildman–Crippen LogP) is 7.91. The second-order valence-electron chi connectivity index (χ2n) is 12.6. The molecule has 230 valence electrons. The van der Waals surface area contributed by atoms with Crippen molar-refractivity contribution >= 4 is 39.9 Å². The van der Waals surface area contributed by atoms with Gasteiger partial charge in [0.1, 0.15) is 17.0 Å². The SMILES string of the molecule is C[C@@H](Nc1c(Cl)cnc2ccc(-c3cnc(C(C)(C)O)nc3)cc12)c1cc(C2=CCN(C(=O)OC(C)(C)C)CC2)ccc1F. The zero-order valence-corrected chi connectivity index (χ0v) is 26.5. The first kappa shape index (κ1) is 31.3. The molecule has 3 heterocycles. The molecule has 8 nitrogen and oxygen atoms in total. The number of amides is 1. The number of hydrogen-bond donors (Lipinski definition) is 2. The molecule has 2 N–H and O–H groups in total. The van der Waals surface area contributed by atoms with Gasteiger partial charge in [-0.1, -0.05) is 29.8 Å². The van der Waals surface area contributed by atoms with E-state index in [-0.39, 0.29) is 11.9 Å². The fourth-order valence-corrected chi connectivity index (χ4v) is 5.29. The van der Waals surface area contributed by atoms with Gasteiger partial charge in [0, 0.05) is 48.2 Å². The van der Waals surface area contributed by atoms with Crippen LogP contribution in [0.4, 0.5) is 14.9 Å². The Hall–Kier alpha value is -4.08. The largest absolute Gasteiger partial charge is 0.444 e. The first-order valence-electron chi connectivity index (χ1n) is 14.6. The number of nitrogens with zero attached hydrogens (tertiary/aromatic N) is 4. The van der Waals surface area contributed by atoms with E-state index in [1.807, 2.05) is 58.0 Å². The third kappa shape index (κ3) is 7.00. The highest BCUT2D eigenvalue weighted by atomic mass is 35.5. The maximum atomic E-state index is 15.2. The Balaban J connectivity index is 1.40. The fourth-order valence-electron chi connectivity index (χ4n) is 5.08. The van der Waals surface area contributed by atoms with E-state index in [2.05, 4.69) is 20.3 Å². The number of fused-ring (bicyclic) bond motifs is 1. The van der Waals surface area contributed by atoms with E-state index >= 15 is 4.39 Å². The molecule has 1 aliphatic heterocycles. The molecule has 1 amide bonds. The third-order valence-electron chi connectivity index (χ3n) is 7.41. The van der Waals surface area contributed by atoms with Crippen LogP contribution in [0.15, 0.2) is 61.1 Å². The highest BCUT2D eigenvalue weighted by molar-refractivity contribution is 6.34. The molecule has 0 radical (unpaired) electrons. The number of aliphatic hydroxyl groups is 1. The van der Waals surface area contributed by atoms with E-state index in [9.17, 15) is 9.90 Å². The molecule has 10 heteroatoms. The van der Waals surface area contributed by atoms with E-state index in [0.717, 1.165) is 33.2 Å². The van der Waals surface area contributed by atoms with Crippen LogP contribution >= 0.6 is 11.6 Å². The third-order valence-corrected chi connectivity index (χ3v) is 7.70. The standard InChI is InChI=1S/C34H37ClFN5O3/c1-20(25-15-22(7-9-28(25)36)21-11-13-41(14-12-21)32(42)44-33(2,3)4)40-30-26-16-23(8-10-29(26)37-19-27(30)35)24-17-38-31(39-18-24)34(5,6)43/h7-11,15-20,43H,12-14H2,1-6H3,(H,37,40)/t20-/m1/s1. The summed E-state index contributed by atoms with van der Waals surface area (Å²) in [7, 11) is 0. The van der Waals surface area contributed by atoms with Crippen LogP contribution in [0.5, 0.6) is 0 Å². The molecular weight excluding hydrogens is 581 g/mol. The number of nitrogens with one attached hydrogen (secondary N) is 1. The van der Waals surface area contributed by atoms with E-state index in [1.165, 1.54) is 6.07 Å². The number of halogens is 2. The van der Waals surface area contributed by atoms with E-state index in [1.54, 1.807) is 43.4 Å². The summed E-state index contributed by atoms with van der Waals surface area (Å²) in [6.07, 6.45) is 7.21. The summed E-state index contributed by atoms with van der Waals surface area (Å²) in [5.74, 6) is -0.00342. The van der Waals surface area contributed by atoms with Gasteiger partial charge in [-0.15, -0.1) is 0 Å². The van der Waals surface area contributed by atoms with Crippen LogP contribution in [0.25, 0.3) is 27.6 Å². The number of aromatic nitrogens is 3. The summed E-state index contributed by atoms with van der Waals surface area (Å²) in [5, 5.41) is 14.8. The molecule has 0 bridgehead atoms. The molecule has 1 atom stereocenters. The van der Waals surface area contributed by atoms with Crippen LogP contribution < -0.4 is 5.32 Å². The Morgan fingerprint density at radius 3 is 2.36 bits per heavy atom. The second kappa shape index (κ2) is 12.1. The van der Waals surface area contributed by atoms with E-state index in [4.69, 9.17) is 16.3 Å². The number of rotatable bonds is 6. The van der Waals surface area contributed by atoms with Crippen LogP contribution in [0, 0.1) is 5.82 Å². The van der Waals surface area contributed by atoms with Crippen LogP contribution in [-0.2, 0) is 10.3 Å². The average molecular weight is 618 g/mol. The highest BCUT2D eigenvalue weighted by Gasteiger charge is 2.25. The van der Waals surface area contributed by atoms with Crippen molar-refractivity contribution in [3.63, 3.8) is 0 Å². The number of hydrogen-bond acceptors (Lipinski definition) is 7. The molecule has 0 saturated heterocycles. The molecule has 5 rings (SSSR count). The van der Waals surface area contributed by atoms with Crippen molar-refractivity contribution in [3.8, 4) is 11.1 Å². The molecule has 1 aliphatic rings. The van der Waals surface area contributed by atoms with Gasteiger partial charge in [0.05, 0.1) is 22.3 Å². The Kier molecular flexibility index (Phi) is 8.64.